The fraction of sp³-hybridized carbons (Fsp3) is 0.900. The Kier molecular flexibility index (Phi) is 5.71. The van der Waals surface area contributed by atoms with Gasteiger partial charge in [0.25, 0.3) is 0 Å². The second kappa shape index (κ2) is 5.97. The summed E-state index contributed by atoms with van der Waals surface area (Å²) in [7, 11) is 0. The van der Waals surface area contributed by atoms with E-state index >= 15 is 0 Å². The van der Waals surface area contributed by atoms with E-state index in [1.807, 2.05) is 0 Å². The molecule has 0 atom stereocenters. The molecular formula is C10H21NO2. The van der Waals surface area contributed by atoms with Gasteiger partial charge in [-0.15, -0.1) is 0 Å². The number of hydrogen-bond acceptors (Lipinski definition) is 2. The predicted octanol–water partition coefficient (Wildman–Crippen LogP) is 1.83. The maximum absolute atomic E-state index is 10.4. The second-order valence-corrected chi connectivity index (χ2v) is 4.13. The summed E-state index contributed by atoms with van der Waals surface area (Å²) >= 11 is 0. The summed E-state index contributed by atoms with van der Waals surface area (Å²) in [6.45, 7) is 10.1. The molecule has 3 nitrogen and oxygen atoms in total. The minimum Gasteiger partial charge on any atom is -0.481 e. The lowest BCUT2D eigenvalue weighted by molar-refractivity contribution is -0.137. The Hall–Kier alpha value is -0.570. The van der Waals surface area contributed by atoms with E-state index in [4.69, 9.17) is 5.11 Å². The van der Waals surface area contributed by atoms with Crippen molar-refractivity contribution in [1.82, 2.24) is 4.90 Å². The van der Waals surface area contributed by atoms with Crippen molar-refractivity contribution in [1.29, 1.82) is 0 Å². The van der Waals surface area contributed by atoms with Gasteiger partial charge in [-0.2, -0.15) is 0 Å². The Labute approximate surface area is 80.7 Å². The van der Waals surface area contributed by atoms with Crippen LogP contribution >= 0.6 is 0 Å². The molecule has 0 aromatic carbocycles. The van der Waals surface area contributed by atoms with Crippen LogP contribution in [0, 0.1) is 5.92 Å². The van der Waals surface area contributed by atoms with E-state index in [0.717, 1.165) is 6.54 Å². The Morgan fingerprint density at radius 3 is 2.15 bits per heavy atom. The lowest BCUT2D eigenvalue weighted by Crippen LogP contribution is -2.35. The molecule has 0 rings (SSSR count). The van der Waals surface area contributed by atoms with Gasteiger partial charge in [-0.1, -0.05) is 13.8 Å². The fourth-order valence-corrected chi connectivity index (χ4v) is 1.27. The maximum atomic E-state index is 10.4. The third-order valence-electron chi connectivity index (χ3n) is 1.94. The summed E-state index contributed by atoms with van der Waals surface area (Å²) in [5, 5.41) is 8.55. The van der Waals surface area contributed by atoms with E-state index in [1.54, 1.807) is 0 Å². The smallest absolute Gasteiger partial charge is 0.304 e. The summed E-state index contributed by atoms with van der Waals surface area (Å²) in [4.78, 5) is 12.6. The number of carbonyl (C=O) groups is 1. The summed E-state index contributed by atoms with van der Waals surface area (Å²) < 4.78 is 0. The topological polar surface area (TPSA) is 40.5 Å². The summed E-state index contributed by atoms with van der Waals surface area (Å²) in [6.07, 6.45) is 0.241. The van der Waals surface area contributed by atoms with Crippen LogP contribution in [0.3, 0.4) is 0 Å². The molecule has 0 aliphatic carbocycles. The van der Waals surface area contributed by atoms with Crippen LogP contribution in [-0.4, -0.2) is 35.1 Å². The molecule has 0 aliphatic heterocycles. The van der Waals surface area contributed by atoms with Crippen LogP contribution in [0.25, 0.3) is 0 Å². The van der Waals surface area contributed by atoms with Crippen molar-refractivity contribution in [3.8, 4) is 0 Å². The Morgan fingerprint density at radius 2 is 1.85 bits per heavy atom. The summed E-state index contributed by atoms with van der Waals surface area (Å²) in [5.74, 6) is -0.120. The standard InChI is InChI=1S/C10H21NO2/c1-8(2)7-11(9(3)4)6-5-10(12)13/h8-9H,5-7H2,1-4H3,(H,12,13). The first-order valence-corrected chi connectivity index (χ1v) is 4.89. The van der Waals surface area contributed by atoms with Gasteiger partial charge >= 0.3 is 5.97 Å². The van der Waals surface area contributed by atoms with Crippen molar-refractivity contribution < 1.29 is 9.90 Å². The van der Waals surface area contributed by atoms with E-state index < -0.39 is 5.97 Å². The molecule has 78 valence electrons. The maximum Gasteiger partial charge on any atom is 0.304 e. The highest BCUT2D eigenvalue weighted by Crippen LogP contribution is 2.04. The highest BCUT2D eigenvalue weighted by atomic mass is 16.4. The molecule has 0 saturated heterocycles. The van der Waals surface area contributed by atoms with Gasteiger partial charge in [-0.05, 0) is 19.8 Å². The fourth-order valence-electron chi connectivity index (χ4n) is 1.27. The third kappa shape index (κ3) is 6.58. The Morgan fingerprint density at radius 1 is 1.31 bits per heavy atom. The third-order valence-corrected chi connectivity index (χ3v) is 1.94. The van der Waals surface area contributed by atoms with Crippen LogP contribution in [0.2, 0.25) is 0 Å². The molecule has 13 heavy (non-hydrogen) atoms. The highest BCUT2D eigenvalue weighted by Gasteiger charge is 2.12. The van der Waals surface area contributed by atoms with Gasteiger partial charge in [0.15, 0.2) is 0 Å². The average Bonchev–Trinajstić information content (AvgIpc) is 1.96. The molecule has 0 spiro atoms. The first kappa shape index (κ1) is 12.4. The van der Waals surface area contributed by atoms with Crippen molar-refractivity contribution in [3.63, 3.8) is 0 Å². The number of hydrogen-bond donors (Lipinski definition) is 1. The van der Waals surface area contributed by atoms with Crippen molar-refractivity contribution in [3.05, 3.63) is 0 Å². The number of aliphatic carboxylic acids is 1. The zero-order valence-corrected chi connectivity index (χ0v) is 9.08. The van der Waals surface area contributed by atoms with E-state index in [1.165, 1.54) is 0 Å². The average molecular weight is 187 g/mol. The van der Waals surface area contributed by atoms with E-state index in [0.29, 0.717) is 18.5 Å². The molecule has 1 N–H and O–H groups in total. The van der Waals surface area contributed by atoms with Gasteiger partial charge in [0.1, 0.15) is 0 Å². The SMILES string of the molecule is CC(C)CN(CCC(=O)O)C(C)C. The molecule has 0 aromatic rings. The molecule has 0 amide bonds. The molecule has 0 aromatic heterocycles. The van der Waals surface area contributed by atoms with Gasteiger partial charge < -0.3 is 10.0 Å². The van der Waals surface area contributed by atoms with Crippen LogP contribution < -0.4 is 0 Å². The highest BCUT2D eigenvalue weighted by molar-refractivity contribution is 5.66. The van der Waals surface area contributed by atoms with Gasteiger partial charge in [0.2, 0.25) is 0 Å². The lowest BCUT2D eigenvalue weighted by Gasteiger charge is -2.27. The van der Waals surface area contributed by atoms with Gasteiger partial charge in [0, 0.05) is 19.1 Å². The monoisotopic (exact) mass is 187 g/mol. The first-order chi connectivity index (χ1) is 5.93. The van der Waals surface area contributed by atoms with E-state index in [2.05, 4.69) is 32.6 Å². The normalized spacial score (nSPS) is 11.6. The summed E-state index contributed by atoms with van der Waals surface area (Å²) in [5.41, 5.74) is 0. The van der Waals surface area contributed by atoms with Crippen LogP contribution in [-0.2, 0) is 4.79 Å². The van der Waals surface area contributed by atoms with E-state index in [-0.39, 0.29) is 6.42 Å². The van der Waals surface area contributed by atoms with Gasteiger partial charge in [-0.3, -0.25) is 4.79 Å². The lowest BCUT2D eigenvalue weighted by atomic mass is 10.1. The van der Waals surface area contributed by atoms with Gasteiger partial charge in [-0.25, -0.2) is 0 Å². The van der Waals surface area contributed by atoms with Crippen LogP contribution in [0.5, 0.6) is 0 Å². The minimum atomic E-state index is -0.714. The number of nitrogens with zero attached hydrogens (tertiary/aromatic N) is 1. The molecule has 0 unspecified atom stereocenters. The Bertz CT molecular complexity index is 155. The number of carboxylic acid groups (broad SMARTS) is 1. The van der Waals surface area contributed by atoms with Gasteiger partial charge in [0.05, 0.1) is 6.42 Å². The van der Waals surface area contributed by atoms with Crippen molar-refractivity contribution in [2.75, 3.05) is 13.1 Å². The largest absolute Gasteiger partial charge is 0.481 e. The Balaban J connectivity index is 3.87. The predicted molar refractivity (Wildman–Crippen MR) is 53.8 cm³/mol. The molecule has 0 radical (unpaired) electrons. The van der Waals surface area contributed by atoms with Crippen molar-refractivity contribution in [2.45, 2.75) is 40.2 Å². The first-order valence-electron chi connectivity index (χ1n) is 4.89. The molecular weight excluding hydrogens is 166 g/mol. The van der Waals surface area contributed by atoms with Crippen LogP contribution in [0.1, 0.15) is 34.1 Å². The summed E-state index contributed by atoms with van der Waals surface area (Å²) in [6, 6.07) is 0.432. The molecule has 0 fully saturated rings. The quantitative estimate of drug-likeness (QED) is 0.689. The molecule has 0 aliphatic rings. The van der Waals surface area contributed by atoms with Crippen LogP contribution in [0.4, 0.5) is 0 Å². The minimum absolute atomic E-state index is 0.241. The molecule has 3 heteroatoms. The molecule has 0 bridgehead atoms. The second-order valence-electron chi connectivity index (χ2n) is 4.13. The zero-order chi connectivity index (χ0) is 10.4. The van der Waals surface area contributed by atoms with E-state index in [9.17, 15) is 4.79 Å². The van der Waals surface area contributed by atoms with Crippen LogP contribution in [0.15, 0.2) is 0 Å². The number of rotatable bonds is 6. The molecule has 0 saturated carbocycles. The molecule has 0 heterocycles. The zero-order valence-electron chi connectivity index (χ0n) is 9.08. The number of carboxylic acids is 1. The van der Waals surface area contributed by atoms with Crippen molar-refractivity contribution in [2.24, 2.45) is 5.92 Å². The van der Waals surface area contributed by atoms with Crippen molar-refractivity contribution >= 4 is 5.97 Å².